The van der Waals surface area contributed by atoms with Gasteiger partial charge in [-0.3, -0.25) is 14.9 Å². The number of imide groups is 2. The van der Waals surface area contributed by atoms with Crippen LogP contribution in [0.3, 0.4) is 0 Å². The smallest absolute Gasteiger partial charge is 0.335 e. The zero-order valence-electron chi connectivity index (χ0n) is 19.6. The van der Waals surface area contributed by atoms with E-state index in [1.165, 1.54) is 24.3 Å². The third-order valence-corrected chi connectivity index (χ3v) is 6.77. The van der Waals surface area contributed by atoms with E-state index in [0.29, 0.717) is 5.02 Å². The second-order valence-corrected chi connectivity index (χ2v) is 9.85. The number of nitrogens with zero attached hydrogens (tertiary/aromatic N) is 2. The number of amides is 4. The highest BCUT2D eigenvalue weighted by Crippen LogP contribution is 2.40. The maximum absolute atomic E-state index is 13.3. The van der Waals surface area contributed by atoms with Crippen LogP contribution >= 0.6 is 23.2 Å². The minimum atomic E-state index is -0.863. The molecule has 0 atom stereocenters. The zero-order chi connectivity index (χ0) is 24.9. The van der Waals surface area contributed by atoms with Crippen molar-refractivity contribution in [1.82, 2.24) is 5.32 Å². The van der Waals surface area contributed by atoms with Crippen molar-refractivity contribution >= 4 is 64.1 Å². The molecule has 0 spiro atoms. The Balaban J connectivity index is 1.81. The molecule has 176 valence electrons. The average Bonchev–Trinajstić information content (AvgIpc) is 2.72. The number of hydrogen-bond acceptors (Lipinski definition) is 4. The monoisotopic (exact) mass is 497 g/mol. The van der Waals surface area contributed by atoms with Gasteiger partial charge in [-0.15, -0.1) is 0 Å². The molecule has 0 radical (unpaired) electrons. The number of likely N-dealkylation sites (N-methyl/N-ethyl adjacent to an activating group) is 1. The van der Waals surface area contributed by atoms with Crippen LogP contribution in [0.5, 0.6) is 0 Å². The molecule has 0 bridgehead atoms. The summed E-state index contributed by atoms with van der Waals surface area (Å²) >= 11 is 12.2. The lowest BCUT2D eigenvalue weighted by molar-refractivity contribution is -0.122. The Hall–Kier alpha value is -3.09. The molecular formula is C26H25Cl2N3O3. The molecule has 0 unspecified atom stereocenters. The van der Waals surface area contributed by atoms with Crippen LogP contribution in [0.15, 0.2) is 42.0 Å². The summed E-state index contributed by atoms with van der Waals surface area (Å²) in [6, 6.07) is 7.62. The number of carbonyl (C=O) groups excluding carboxylic acids is 3. The SMILES string of the molecule is CCN1c2cc(C)c(/C=C3/C(=O)NC(=O)N(c4ccc(Cl)cc4Cl)C3=O)cc2C(C)=CC1(C)C. The number of aryl methyl sites for hydroxylation is 1. The van der Waals surface area contributed by atoms with Gasteiger partial charge in [0, 0.05) is 22.8 Å². The summed E-state index contributed by atoms with van der Waals surface area (Å²) < 4.78 is 0. The number of hydrogen-bond donors (Lipinski definition) is 1. The molecule has 2 aliphatic heterocycles. The zero-order valence-corrected chi connectivity index (χ0v) is 21.1. The molecule has 4 rings (SSSR count). The van der Waals surface area contributed by atoms with Crippen LogP contribution in [-0.2, 0) is 9.59 Å². The van der Waals surface area contributed by atoms with Crippen LogP contribution in [0, 0.1) is 6.92 Å². The molecule has 6 nitrogen and oxygen atoms in total. The van der Waals surface area contributed by atoms with E-state index in [0.717, 1.165) is 39.4 Å². The van der Waals surface area contributed by atoms with Gasteiger partial charge in [0.05, 0.1) is 16.2 Å². The lowest BCUT2D eigenvalue weighted by Crippen LogP contribution is -2.54. The molecule has 2 aromatic rings. The summed E-state index contributed by atoms with van der Waals surface area (Å²) in [7, 11) is 0. The van der Waals surface area contributed by atoms with Gasteiger partial charge in [0.2, 0.25) is 0 Å². The van der Waals surface area contributed by atoms with E-state index < -0.39 is 17.8 Å². The third-order valence-electron chi connectivity index (χ3n) is 6.23. The van der Waals surface area contributed by atoms with Gasteiger partial charge in [0.25, 0.3) is 11.8 Å². The van der Waals surface area contributed by atoms with Gasteiger partial charge in [-0.05, 0) is 87.7 Å². The fourth-order valence-corrected chi connectivity index (χ4v) is 5.17. The van der Waals surface area contributed by atoms with E-state index in [9.17, 15) is 14.4 Å². The Kier molecular flexibility index (Phi) is 6.08. The maximum Gasteiger partial charge on any atom is 0.335 e. The van der Waals surface area contributed by atoms with Crippen LogP contribution in [0.4, 0.5) is 16.2 Å². The quantitative estimate of drug-likeness (QED) is 0.417. The first-order valence-electron chi connectivity index (χ1n) is 10.9. The molecule has 1 saturated heterocycles. The van der Waals surface area contributed by atoms with Gasteiger partial charge in [-0.25, -0.2) is 9.69 Å². The molecular weight excluding hydrogens is 473 g/mol. The van der Waals surface area contributed by atoms with Crippen LogP contribution < -0.4 is 15.1 Å². The van der Waals surface area contributed by atoms with Gasteiger partial charge < -0.3 is 4.90 Å². The van der Waals surface area contributed by atoms with Crippen molar-refractivity contribution in [2.24, 2.45) is 0 Å². The fraction of sp³-hybridized carbons (Fsp3) is 0.269. The summed E-state index contributed by atoms with van der Waals surface area (Å²) in [6.07, 6.45) is 3.74. The highest BCUT2D eigenvalue weighted by atomic mass is 35.5. The molecule has 34 heavy (non-hydrogen) atoms. The molecule has 2 heterocycles. The molecule has 2 aliphatic rings. The van der Waals surface area contributed by atoms with Crippen molar-refractivity contribution in [3.05, 3.63) is 68.7 Å². The number of nitrogens with one attached hydrogen (secondary N) is 1. The molecule has 8 heteroatoms. The van der Waals surface area contributed by atoms with Gasteiger partial charge in [0.15, 0.2) is 0 Å². The minimum absolute atomic E-state index is 0.123. The second kappa shape index (κ2) is 8.60. The first-order chi connectivity index (χ1) is 15.9. The standard InChI is InChI=1S/C26H25Cl2N3O3/c1-6-30-22-9-14(2)16(10-18(22)15(3)13-26(30,4)5)11-19-23(32)29-25(34)31(24(19)33)21-8-7-17(27)12-20(21)28/h7-13H,6H2,1-5H3,(H,29,32,34)/b19-11-. The highest BCUT2D eigenvalue weighted by Gasteiger charge is 2.38. The van der Waals surface area contributed by atoms with Gasteiger partial charge >= 0.3 is 6.03 Å². The van der Waals surface area contributed by atoms with E-state index in [1.54, 1.807) is 0 Å². The van der Waals surface area contributed by atoms with Crippen LogP contribution in [0.25, 0.3) is 11.6 Å². The number of urea groups is 1. The summed E-state index contributed by atoms with van der Waals surface area (Å²) in [5.41, 5.74) is 4.75. The molecule has 2 aromatic carbocycles. The van der Waals surface area contributed by atoms with Gasteiger partial charge in [-0.1, -0.05) is 29.3 Å². The maximum atomic E-state index is 13.3. The molecule has 0 aliphatic carbocycles. The molecule has 0 aromatic heterocycles. The van der Waals surface area contributed by atoms with E-state index in [2.05, 4.69) is 50.1 Å². The Labute approximate surface area is 208 Å². The third kappa shape index (κ3) is 4.01. The normalized spacial score (nSPS) is 18.7. The van der Waals surface area contributed by atoms with Crippen molar-refractivity contribution in [3.8, 4) is 0 Å². The number of rotatable bonds is 3. The predicted octanol–water partition coefficient (Wildman–Crippen LogP) is 5.99. The predicted molar refractivity (Wildman–Crippen MR) is 137 cm³/mol. The molecule has 4 amide bonds. The lowest BCUT2D eigenvalue weighted by atomic mass is 9.86. The Morgan fingerprint density at radius 1 is 1.03 bits per heavy atom. The number of allylic oxidation sites excluding steroid dienone is 1. The van der Waals surface area contributed by atoms with E-state index in [1.807, 2.05) is 13.0 Å². The summed E-state index contributed by atoms with van der Waals surface area (Å²) in [6.45, 7) is 11.3. The van der Waals surface area contributed by atoms with Crippen molar-refractivity contribution in [3.63, 3.8) is 0 Å². The van der Waals surface area contributed by atoms with Crippen molar-refractivity contribution in [2.75, 3.05) is 16.3 Å². The lowest BCUT2D eigenvalue weighted by Gasteiger charge is -2.43. The Morgan fingerprint density at radius 3 is 2.38 bits per heavy atom. The van der Waals surface area contributed by atoms with Crippen LogP contribution in [0.1, 0.15) is 44.4 Å². The minimum Gasteiger partial charge on any atom is -0.363 e. The molecule has 1 N–H and O–H groups in total. The molecule has 0 saturated carbocycles. The first-order valence-corrected chi connectivity index (χ1v) is 11.7. The molecule has 1 fully saturated rings. The number of fused-ring (bicyclic) bond motifs is 1. The number of benzene rings is 2. The highest BCUT2D eigenvalue weighted by molar-refractivity contribution is 6.42. The number of carbonyl (C=O) groups is 3. The van der Waals surface area contributed by atoms with Crippen LogP contribution in [-0.4, -0.2) is 29.9 Å². The summed E-state index contributed by atoms with van der Waals surface area (Å²) in [4.78, 5) is 41.7. The van der Waals surface area contributed by atoms with Crippen molar-refractivity contribution in [2.45, 2.75) is 40.2 Å². The Morgan fingerprint density at radius 2 is 1.74 bits per heavy atom. The van der Waals surface area contributed by atoms with E-state index in [4.69, 9.17) is 23.2 Å². The number of barbiturate groups is 1. The van der Waals surface area contributed by atoms with Gasteiger partial charge in [-0.2, -0.15) is 0 Å². The largest absolute Gasteiger partial charge is 0.363 e. The second-order valence-electron chi connectivity index (χ2n) is 9.00. The van der Waals surface area contributed by atoms with Crippen molar-refractivity contribution in [1.29, 1.82) is 0 Å². The van der Waals surface area contributed by atoms with Crippen LogP contribution in [0.2, 0.25) is 10.0 Å². The summed E-state index contributed by atoms with van der Waals surface area (Å²) in [5.74, 6) is -1.50. The van der Waals surface area contributed by atoms with Gasteiger partial charge in [0.1, 0.15) is 5.57 Å². The summed E-state index contributed by atoms with van der Waals surface area (Å²) in [5, 5.41) is 2.72. The van der Waals surface area contributed by atoms with Crippen molar-refractivity contribution < 1.29 is 14.4 Å². The van der Waals surface area contributed by atoms with E-state index >= 15 is 0 Å². The first kappa shape index (κ1) is 24.0. The average molecular weight is 498 g/mol. The number of halogens is 2. The number of anilines is 2. The fourth-order valence-electron chi connectivity index (χ4n) is 4.67. The Bertz CT molecular complexity index is 1310. The van der Waals surface area contributed by atoms with E-state index in [-0.39, 0.29) is 21.8 Å². The topological polar surface area (TPSA) is 69.7 Å².